The van der Waals surface area contributed by atoms with Gasteiger partial charge in [0.05, 0.1) is 12.1 Å². The predicted octanol–water partition coefficient (Wildman–Crippen LogP) is 4.11. The van der Waals surface area contributed by atoms with Crippen LogP contribution in [0.3, 0.4) is 0 Å². The Hall–Kier alpha value is -2.33. The van der Waals surface area contributed by atoms with Crippen molar-refractivity contribution in [2.45, 2.75) is 45.2 Å². The molecule has 2 atom stereocenters. The SMILES string of the molecule is Cc1ccc(C(C)NC(=O)C2CCCCN2CCOc2ccccc2)cc1. The lowest BCUT2D eigenvalue weighted by Crippen LogP contribution is -2.51. The number of aryl methyl sites for hydroxylation is 1. The van der Waals surface area contributed by atoms with Gasteiger partial charge in [0.2, 0.25) is 5.91 Å². The molecule has 0 aromatic heterocycles. The largest absolute Gasteiger partial charge is 0.492 e. The van der Waals surface area contributed by atoms with Crippen molar-refractivity contribution in [3.05, 3.63) is 65.7 Å². The van der Waals surface area contributed by atoms with Gasteiger partial charge in [-0.25, -0.2) is 0 Å². The van der Waals surface area contributed by atoms with E-state index in [1.165, 1.54) is 5.56 Å². The number of amides is 1. The first-order chi connectivity index (χ1) is 13.1. The topological polar surface area (TPSA) is 41.6 Å². The van der Waals surface area contributed by atoms with Crippen LogP contribution >= 0.6 is 0 Å². The minimum absolute atomic E-state index is 0.0162. The summed E-state index contributed by atoms with van der Waals surface area (Å²) in [6, 6.07) is 18.2. The second-order valence-corrected chi connectivity index (χ2v) is 7.35. The Morgan fingerprint density at radius 1 is 1.15 bits per heavy atom. The van der Waals surface area contributed by atoms with Gasteiger partial charge in [0, 0.05) is 6.54 Å². The van der Waals surface area contributed by atoms with Gasteiger partial charge in [-0.1, -0.05) is 54.4 Å². The molecule has 1 N–H and O–H groups in total. The third-order valence-corrected chi connectivity index (χ3v) is 5.24. The van der Waals surface area contributed by atoms with E-state index in [2.05, 4.69) is 41.4 Å². The van der Waals surface area contributed by atoms with Crippen LogP contribution < -0.4 is 10.1 Å². The molecule has 2 aromatic rings. The highest BCUT2D eigenvalue weighted by molar-refractivity contribution is 5.82. The van der Waals surface area contributed by atoms with E-state index in [-0.39, 0.29) is 18.0 Å². The molecule has 4 nitrogen and oxygen atoms in total. The molecule has 27 heavy (non-hydrogen) atoms. The molecule has 1 heterocycles. The Labute approximate surface area is 162 Å². The summed E-state index contributed by atoms with van der Waals surface area (Å²) in [5.74, 6) is 1.01. The summed E-state index contributed by atoms with van der Waals surface area (Å²) >= 11 is 0. The summed E-state index contributed by atoms with van der Waals surface area (Å²) in [7, 11) is 0. The maximum absolute atomic E-state index is 12.9. The van der Waals surface area contributed by atoms with Gasteiger partial charge in [0.25, 0.3) is 0 Å². The molecule has 0 spiro atoms. The normalized spacial score (nSPS) is 18.7. The van der Waals surface area contributed by atoms with Crippen molar-refractivity contribution in [2.75, 3.05) is 19.7 Å². The Morgan fingerprint density at radius 3 is 2.63 bits per heavy atom. The van der Waals surface area contributed by atoms with E-state index in [9.17, 15) is 4.79 Å². The second-order valence-electron chi connectivity index (χ2n) is 7.35. The summed E-state index contributed by atoms with van der Waals surface area (Å²) in [5, 5.41) is 3.20. The summed E-state index contributed by atoms with van der Waals surface area (Å²) in [6.07, 6.45) is 3.16. The fourth-order valence-corrected chi connectivity index (χ4v) is 3.60. The van der Waals surface area contributed by atoms with Crippen LogP contribution in [-0.2, 0) is 4.79 Å². The van der Waals surface area contributed by atoms with Crippen molar-refractivity contribution in [3.8, 4) is 5.75 Å². The monoisotopic (exact) mass is 366 g/mol. The quantitative estimate of drug-likeness (QED) is 0.802. The number of carbonyl (C=O) groups excluding carboxylic acids is 1. The van der Waals surface area contributed by atoms with Crippen LogP contribution in [0.1, 0.15) is 43.4 Å². The number of hydrogen-bond donors (Lipinski definition) is 1. The lowest BCUT2D eigenvalue weighted by atomic mass is 10.00. The van der Waals surface area contributed by atoms with Crippen LogP contribution in [0.4, 0.5) is 0 Å². The molecule has 2 unspecified atom stereocenters. The lowest BCUT2D eigenvalue weighted by molar-refractivity contribution is -0.128. The van der Waals surface area contributed by atoms with Crippen LogP contribution in [0.15, 0.2) is 54.6 Å². The Morgan fingerprint density at radius 2 is 1.89 bits per heavy atom. The van der Waals surface area contributed by atoms with E-state index in [0.717, 1.165) is 43.7 Å². The third kappa shape index (κ3) is 5.57. The van der Waals surface area contributed by atoms with Crippen molar-refractivity contribution < 1.29 is 9.53 Å². The van der Waals surface area contributed by atoms with Gasteiger partial charge < -0.3 is 10.1 Å². The molecule has 1 amide bonds. The second kappa shape index (κ2) is 9.56. The van der Waals surface area contributed by atoms with Crippen LogP contribution in [0.25, 0.3) is 0 Å². The standard InChI is InChI=1S/C23H30N2O2/c1-18-11-13-20(14-12-18)19(2)24-23(26)22-10-6-7-15-25(22)16-17-27-21-8-4-3-5-9-21/h3-5,8-9,11-14,19,22H,6-7,10,15-17H2,1-2H3,(H,24,26). The number of likely N-dealkylation sites (tertiary alicyclic amines) is 1. The number of nitrogens with one attached hydrogen (secondary N) is 1. The number of benzene rings is 2. The number of nitrogens with zero attached hydrogens (tertiary/aromatic N) is 1. The molecule has 1 saturated heterocycles. The maximum atomic E-state index is 12.9. The molecule has 3 rings (SSSR count). The summed E-state index contributed by atoms with van der Waals surface area (Å²) in [4.78, 5) is 15.2. The van der Waals surface area contributed by atoms with Crippen molar-refractivity contribution in [1.29, 1.82) is 0 Å². The molecule has 0 radical (unpaired) electrons. The number of para-hydroxylation sites is 1. The molecule has 4 heteroatoms. The predicted molar refractivity (Wildman–Crippen MR) is 109 cm³/mol. The summed E-state index contributed by atoms with van der Waals surface area (Å²) in [6.45, 7) is 6.45. The van der Waals surface area contributed by atoms with Crippen molar-refractivity contribution in [3.63, 3.8) is 0 Å². The number of hydrogen-bond acceptors (Lipinski definition) is 3. The van der Waals surface area contributed by atoms with E-state index in [1.807, 2.05) is 37.3 Å². The van der Waals surface area contributed by atoms with Crippen molar-refractivity contribution >= 4 is 5.91 Å². The van der Waals surface area contributed by atoms with Crippen LogP contribution in [0.5, 0.6) is 5.75 Å². The molecule has 0 aliphatic carbocycles. The van der Waals surface area contributed by atoms with Gasteiger partial charge >= 0.3 is 0 Å². The molecule has 2 aromatic carbocycles. The van der Waals surface area contributed by atoms with E-state index in [1.54, 1.807) is 0 Å². The number of piperidine rings is 1. The molecule has 144 valence electrons. The minimum atomic E-state index is -0.0639. The molecule has 0 saturated carbocycles. The first kappa shape index (κ1) is 19.4. The van der Waals surface area contributed by atoms with E-state index in [4.69, 9.17) is 4.74 Å². The van der Waals surface area contributed by atoms with E-state index >= 15 is 0 Å². The zero-order valence-corrected chi connectivity index (χ0v) is 16.4. The van der Waals surface area contributed by atoms with Gasteiger partial charge in [0.15, 0.2) is 0 Å². The highest BCUT2D eigenvalue weighted by Crippen LogP contribution is 2.19. The number of rotatable bonds is 7. The Bertz CT molecular complexity index is 715. The molecular weight excluding hydrogens is 336 g/mol. The van der Waals surface area contributed by atoms with Crippen LogP contribution in [-0.4, -0.2) is 36.5 Å². The number of ether oxygens (including phenoxy) is 1. The lowest BCUT2D eigenvalue weighted by Gasteiger charge is -2.35. The van der Waals surface area contributed by atoms with Gasteiger partial charge in [-0.2, -0.15) is 0 Å². The molecular formula is C23H30N2O2. The van der Waals surface area contributed by atoms with E-state index < -0.39 is 0 Å². The first-order valence-electron chi connectivity index (χ1n) is 9.92. The highest BCUT2D eigenvalue weighted by atomic mass is 16.5. The molecule has 0 bridgehead atoms. The van der Waals surface area contributed by atoms with Crippen LogP contribution in [0, 0.1) is 6.92 Å². The highest BCUT2D eigenvalue weighted by Gasteiger charge is 2.29. The fraction of sp³-hybridized carbons (Fsp3) is 0.435. The van der Waals surface area contributed by atoms with Gasteiger partial charge in [0.1, 0.15) is 12.4 Å². The molecule has 1 aliphatic rings. The summed E-state index contributed by atoms with van der Waals surface area (Å²) < 4.78 is 5.83. The Kier molecular flexibility index (Phi) is 6.88. The van der Waals surface area contributed by atoms with Gasteiger partial charge in [-0.05, 0) is 50.9 Å². The molecule has 1 fully saturated rings. The zero-order valence-electron chi connectivity index (χ0n) is 16.4. The van der Waals surface area contributed by atoms with Crippen LogP contribution in [0.2, 0.25) is 0 Å². The smallest absolute Gasteiger partial charge is 0.237 e. The van der Waals surface area contributed by atoms with Crippen molar-refractivity contribution in [2.24, 2.45) is 0 Å². The zero-order chi connectivity index (χ0) is 19.1. The average Bonchev–Trinajstić information content (AvgIpc) is 2.69. The minimum Gasteiger partial charge on any atom is -0.492 e. The Balaban J connectivity index is 1.53. The van der Waals surface area contributed by atoms with E-state index in [0.29, 0.717) is 6.61 Å². The summed E-state index contributed by atoms with van der Waals surface area (Å²) in [5.41, 5.74) is 2.37. The fourth-order valence-electron chi connectivity index (χ4n) is 3.60. The van der Waals surface area contributed by atoms with Crippen molar-refractivity contribution in [1.82, 2.24) is 10.2 Å². The van der Waals surface area contributed by atoms with Gasteiger partial charge in [-0.3, -0.25) is 9.69 Å². The first-order valence-corrected chi connectivity index (χ1v) is 9.92. The van der Waals surface area contributed by atoms with Gasteiger partial charge in [-0.15, -0.1) is 0 Å². The average molecular weight is 367 g/mol. The number of carbonyl (C=O) groups is 1. The molecule has 1 aliphatic heterocycles. The maximum Gasteiger partial charge on any atom is 0.237 e. The third-order valence-electron chi connectivity index (χ3n) is 5.24.